The number of rotatable bonds is 3. The van der Waals surface area contributed by atoms with E-state index in [0.29, 0.717) is 0 Å². The van der Waals surface area contributed by atoms with Crippen molar-refractivity contribution in [3.8, 4) is 0 Å². The van der Waals surface area contributed by atoms with Gasteiger partial charge in [0, 0.05) is 0 Å². The normalized spacial score (nSPS) is 9.30. The lowest BCUT2D eigenvalue weighted by atomic mass is 9.89. The molecule has 0 radical (unpaired) electrons. The average molecular weight is 138 g/mol. The summed E-state index contributed by atoms with van der Waals surface area (Å²) in [7, 11) is 0.261. The molecule has 1 aromatic rings. The SMILES string of the molecule is OOOBc1ccccc1. The first-order valence-corrected chi connectivity index (χ1v) is 2.90. The van der Waals surface area contributed by atoms with Gasteiger partial charge in [-0.1, -0.05) is 35.4 Å². The minimum Gasteiger partial charge on any atom is -0.274 e. The second-order valence-electron chi connectivity index (χ2n) is 1.82. The Hall–Kier alpha value is -0.835. The van der Waals surface area contributed by atoms with E-state index in [1.54, 1.807) is 0 Å². The van der Waals surface area contributed by atoms with Crippen molar-refractivity contribution < 1.29 is 15.1 Å². The van der Waals surface area contributed by atoms with Crippen molar-refractivity contribution >= 4 is 12.9 Å². The minimum atomic E-state index is 0.261. The van der Waals surface area contributed by atoms with Gasteiger partial charge in [-0.15, -0.1) is 0 Å². The summed E-state index contributed by atoms with van der Waals surface area (Å²) in [5, 5.41) is 11.3. The third-order valence-electron chi connectivity index (χ3n) is 1.12. The van der Waals surface area contributed by atoms with E-state index in [-0.39, 0.29) is 7.48 Å². The van der Waals surface area contributed by atoms with E-state index >= 15 is 0 Å². The third kappa shape index (κ3) is 2.18. The molecular weight excluding hydrogens is 131 g/mol. The second-order valence-corrected chi connectivity index (χ2v) is 1.82. The Morgan fingerprint density at radius 3 is 2.50 bits per heavy atom. The van der Waals surface area contributed by atoms with Gasteiger partial charge >= 0.3 is 7.48 Å². The van der Waals surface area contributed by atoms with Crippen LogP contribution in [0.1, 0.15) is 0 Å². The molecule has 0 unspecified atom stereocenters. The summed E-state index contributed by atoms with van der Waals surface area (Å²) < 4.78 is 0. The molecule has 0 aliphatic heterocycles. The van der Waals surface area contributed by atoms with E-state index in [9.17, 15) is 0 Å². The summed E-state index contributed by atoms with van der Waals surface area (Å²) in [5.74, 6) is 0. The number of hydrogen-bond donors (Lipinski definition) is 1. The maximum atomic E-state index is 7.81. The molecule has 0 aromatic heterocycles. The molecule has 4 heteroatoms. The summed E-state index contributed by atoms with van der Waals surface area (Å²) in [6.07, 6.45) is 0. The number of hydrogen-bond acceptors (Lipinski definition) is 3. The van der Waals surface area contributed by atoms with Gasteiger partial charge in [-0.2, -0.15) is 0 Å². The van der Waals surface area contributed by atoms with Crippen molar-refractivity contribution in [3.05, 3.63) is 30.3 Å². The molecule has 1 aromatic carbocycles. The molecule has 0 bridgehead atoms. The van der Waals surface area contributed by atoms with Crippen LogP contribution >= 0.6 is 0 Å². The lowest BCUT2D eigenvalue weighted by molar-refractivity contribution is -0.441. The van der Waals surface area contributed by atoms with E-state index in [1.165, 1.54) is 0 Å². The van der Waals surface area contributed by atoms with E-state index in [1.807, 2.05) is 30.3 Å². The molecule has 0 spiro atoms. The van der Waals surface area contributed by atoms with Crippen molar-refractivity contribution in [2.24, 2.45) is 0 Å². The van der Waals surface area contributed by atoms with Crippen LogP contribution in [0.5, 0.6) is 0 Å². The highest BCUT2D eigenvalue weighted by atomic mass is 17.5. The first-order chi connectivity index (χ1) is 4.93. The Labute approximate surface area is 59.3 Å². The Bertz CT molecular complexity index is 178. The molecule has 0 heterocycles. The third-order valence-corrected chi connectivity index (χ3v) is 1.12. The van der Waals surface area contributed by atoms with Crippen LogP contribution < -0.4 is 5.46 Å². The molecule has 0 amide bonds. The first kappa shape index (κ1) is 7.27. The monoisotopic (exact) mass is 138 g/mol. The highest BCUT2D eigenvalue weighted by molar-refractivity contribution is 6.46. The van der Waals surface area contributed by atoms with Gasteiger partial charge in [-0.05, 0) is 5.46 Å². The Morgan fingerprint density at radius 1 is 1.20 bits per heavy atom. The van der Waals surface area contributed by atoms with Crippen LogP contribution in [0.4, 0.5) is 0 Å². The lowest BCUT2D eigenvalue weighted by Gasteiger charge is -1.94. The summed E-state index contributed by atoms with van der Waals surface area (Å²) in [6, 6.07) is 9.42. The van der Waals surface area contributed by atoms with E-state index in [2.05, 4.69) is 9.84 Å². The van der Waals surface area contributed by atoms with Gasteiger partial charge in [0.25, 0.3) is 0 Å². The van der Waals surface area contributed by atoms with Crippen molar-refractivity contribution in [1.82, 2.24) is 0 Å². The molecule has 10 heavy (non-hydrogen) atoms. The van der Waals surface area contributed by atoms with Crippen LogP contribution in [0, 0.1) is 0 Å². The first-order valence-electron chi connectivity index (χ1n) is 2.90. The predicted octanol–water partition coefficient (Wildman–Crippen LogP) is 0.0846. The molecule has 0 saturated heterocycles. The van der Waals surface area contributed by atoms with Crippen molar-refractivity contribution in [1.29, 1.82) is 0 Å². The second kappa shape index (κ2) is 4.06. The Balaban J connectivity index is 2.43. The van der Waals surface area contributed by atoms with Crippen molar-refractivity contribution in [3.63, 3.8) is 0 Å². The van der Waals surface area contributed by atoms with Gasteiger partial charge in [-0.25, -0.2) is 5.26 Å². The molecule has 3 nitrogen and oxygen atoms in total. The largest absolute Gasteiger partial charge is 0.360 e. The van der Waals surface area contributed by atoms with Crippen LogP contribution in [-0.4, -0.2) is 12.7 Å². The van der Waals surface area contributed by atoms with Gasteiger partial charge in [0.05, 0.1) is 0 Å². The number of benzene rings is 1. The van der Waals surface area contributed by atoms with Gasteiger partial charge in [0.15, 0.2) is 0 Å². The van der Waals surface area contributed by atoms with Gasteiger partial charge in [-0.3, -0.25) is 4.81 Å². The highest BCUT2D eigenvalue weighted by Crippen LogP contribution is 1.81. The predicted molar refractivity (Wildman–Crippen MR) is 38.0 cm³/mol. The van der Waals surface area contributed by atoms with E-state index in [4.69, 9.17) is 5.26 Å². The van der Waals surface area contributed by atoms with Crippen LogP contribution in [0.15, 0.2) is 30.3 Å². The van der Waals surface area contributed by atoms with Gasteiger partial charge < -0.3 is 0 Å². The molecule has 0 saturated carbocycles. The molecule has 1 rings (SSSR count). The molecule has 0 aliphatic rings. The fraction of sp³-hybridized carbons (Fsp3) is 0. The maximum Gasteiger partial charge on any atom is 0.360 e. The van der Waals surface area contributed by atoms with Crippen LogP contribution in [0.2, 0.25) is 0 Å². The molecule has 0 fully saturated rings. The average Bonchev–Trinajstić information content (AvgIpc) is 2.03. The maximum absolute atomic E-state index is 7.81. The zero-order chi connectivity index (χ0) is 7.23. The highest BCUT2D eigenvalue weighted by Gasteiger charge is 1.93. The lowest BCUT2D eigenvalue weighted by Crippen LogP contribution is -2.16. The van der Waals surface area contributed by atoms with E-state index < -0.39 is 0 Å². The standard InChI is InChI=1S/C6H7BO3/c8-10-9-7-6-4-2-1-3-5-6/h1-5,7-8H. The summed E-state index contributed by atoms with van der Waals surface area (Å²) in [4.78, 5) is 4.28. The zero-order valence-corrected chi connectivity index (χ0v) is 5.36. The van der Waals surface area contributed by atoms with Crippen LogP contribution in [0.3, 0.4) is 0 Å². The topological polar surface area (TPSA) is 38.7 Å². The molecule has 0 aliphatic carbocycles. The van der Waals surface area contributed by atoms with Crippen molar-refractivity contribution in [2.75, 3.05) is 0 Å². The van der Waals surface area contributed by atoms with Crippen LogP contribution in [-0.2, 0) is 9.84 Å². The molecule has 52 valence electrons. The summed E-state index contributed by atoms with van der Waals surface area (Å²) >= 11 is 0. The zero-order valence-electron chi connectivity index (χ0n) is 5.36. The Kier molecular flexibility index (Phi) is 2.95. The Morgan fingerprint density at radius 2 is 1.90 bits per heavy atom. The molecular formula is C6H7BO3. The summed E-state index contributed by atoms with van der Waals surface area (Å²) in [5.41, 5.74) is 0.955. The van der Waals surface area contributed by atoms with Gasteiger partial charge in [0.2, 0.25) is 0 Å². The quantitative estimate of drug-likeness (QED) is 0.365. The smallest absolute Gasteiger partial charge is 0.274 e. The fourth-order valence-electron chi connectivity index (χ4n) is 0.669. The minimum absolute atomic E-state index is 0.261. The summed E-state index contributed by atoms with van der Waals surface area (Å²) in [6.45, 7) is 0. The van der Waals surface area contributed by atoms with Crippen molar-refractivity contribution in [2.45, 2.75) is 0 Å². The molecule has 0 atom stereocenters. The fourth-order valence-corrected chi connectivity index (χ4v) is 0.669. The van der Waals surface area contributed by atoms with E-state index in [0.717, 1.165) is 5.46 Å². The van der Waals surface area contributed by atoms with Gasteiger partial charge in [0.1, 0.15) is 0 Å². The molecule has 1 N–H and O–H groups in total. The van der Waals surface area contributed by atoms with Crippen LogP contribution in [0.25, 0.3) is 0 Å².